The first-order valence-electron chi connectivity index (χ1n) is 5.23. The van der Waals surface area contributed by atoms with Crippen molar-refractivity contribution >= 4 is 34.9 Å². The van der Waals surface area contributed by atoms with E-state index in [0.29, 0.717) is 22.1 Å². The molecule has 1 aromatic rings. The van der Waals surface area contributed by atoms with Gasteiger partial charge in [-0.05, 0) is 13.0 Å². The number of anilines is 2. The van der Waals surface area contributed by atoms with Crippen LogP contribution >= 0.6 is 11.6 Å². The SMILES string of the molecule is CC(Nc1cc2c(cc1Cl)NC(=O)CO2)C(=O)O. The zero-order valence-corrected chi connectivity index (χ0v) is 10.2. The van der Waals surface area contributed by atoms with E-state index in [0.717, 1.165) is 0 Å². The Morgan fingerprint density at radius 2 is 2.33 bits per heavy atom. The Morgan fingerprint density at radius 3 is 3.00 bits per heavy atom. The molecular formula is C11H11ClN2O4. The summed E-state index contributed by atoms with van der Waals surface area (Å²) >= 11 is 6.00. The molecule has 0 saturated carbocycles. The Morgan fingerprint density at radius 1 is 1.61 bits per heavy atom. The summed E-state index contributed by atoms with van der Waals surface area (Å²) in [4.78, 5) is 21.9. The monoisotopic (exact) mass is 270 g/mol. The van der Waals surface area contributed by atoms with E-state index in [1.54, 1.807) is 6.07 Å². The Hall–Kier alpha value is -1.95. The predicted octanol–water partition coefficient (Wildman–Crippen LogP) is 1.56. The molecule has 6 nitrogen and oxygen atoms in total. The van der Waals surface area contributed by atoms with Crippen molar-refractivity contribution < 1.29 is 19.4 Å². The van der Waals surface area contributed by atoms with Gasteiger partial charge in [0.25, 0.3) is 5.91 Å². The van der Waals surface area contributed by atoms with Crippen LogP contribution in [-0.4, -0.2) is 29.6 Å². The first-order valence-corrected chi connectivity index (χ1v) is 5.60. The number of fused-ring (bicyclic) bond motifs is 1. The Bertz CT molecular complexity index is 518. The molecular weight excluding hydrogens is 260 g/mol. The van der Waals surface area contributed by atoms with E-state index in [9.17, 15) is 9.59 Å². The lowest BCUT2D eigenvalue weighted by atomic mass is 10.2. The van der Waals surface area contributed by atoms with Crippen molar-refractivity contribution in [3.05, 3.63) is 17.2 Å². The number of carboxylic acids is 1. The zero-order valence-electron chi connectivity index (χ0n) is 9.49. The first kappa shape index (κ1) is 12.5. The average molecular weight is 271 g/mol. The van der Waals surface area contributed by atoms with Crippen LogP contribution in [0.3, 0.4) is 0 Å². The topological polar surface area (TPSA) is 87.7 Å². The molecule has 3 N–H and O–H groups in total. The number of hydrogen-bond donors (Lipinski definition) is 3. The lowest BCUT2D eigenvalue weighted by molar-refractivity contribution is -0.137. The minimum Gasteiger partial charge on any atom is -0.482 e. The fraction of sp³-hybridized carbons (Fsp3) is 0.273. The first-order chi connectivity index (χ1) is 8.47. The lowest BCUT2D eigenvalue weighted by Crippen LogP contribution is -2.27. The number of amides is 1. The average Bonchev–Trinajstić information content (AvgIpc) is 2.30. The van der Waals surface area contributed by atoms with Crippen LogP contribution in [0, 0.1) is 0 Å². The maximum absolute atomic E-state index is 11.1. The molecule has 0 fully saturated rings. The second kappa shape index (κ2) is 4.73. The highest BCUT2D eigenvalue weighted by Crippen LogP contribution is 2.36. The van der Waals surface area contributed by atoms with Crippen molar-refractivity contribution in [1.29, 1.82) is 0 Å². The van der Waals surface area contributed by atoms with E-state index < -0.39 is 12.0 Å². The molecule has 0 aromatic heterocycles. The Kier molecular flexibility index (Phi) is 3.29. The normalized spacial score (nSPS) is 15.1. The van der Waals surface area contributed by atoms with Gasteiger partial charge in [0.1, 0.15) is 11.8 Å². The van der Waals surface area contributed by atoms with Gasteiger partial charge in [0.2, 0.25) is 0 Å². The van der Waals surface area contributed by atoms with Crippen LogP contribution in [0.4, 0.5) is 11.4 Å². The molecule has 0 aliphatic carbocycles. The van der Waals surface area contributed by atoms with Crippen LogP contribution in [0.5, 0.6) is 5.75 Å². The summed E-state index contributed by atoms with van der Waals surface area (Å²) in [6, 6.07) is 2.31. The second-order valence-corrected chi connectivity index (χ2v) is 4.28. The molecule has 1 heterocycles. The molecule has 18 heavy (non-hydrogen) atoms. The third-order valence-corrected chi connectivity index (χ3v) is 2.76. The van der Waals surface area contributed by atoms with Crippen LogP contribution in [0.1, 0.15) is 6.92 Å². The number of carbonyl (C=O) groups is 2. The maximum Gasteiger partial charge on any atom is 0.325 e. The van der Waals surface area contributed by atoms with Crippen molar-refractivity contribution in [2.24, 2.45) is 0 Å². The molecule has 1 amide bonds. The summed E-state index contributed by atoms with van der Waals surface area (Å²) in [5.41, 5.74) is 0.922. The van der Waals surface area contributed by atoms with Crippen LogP contribution in [0.25, 0.3) is 0 Å². The fourth-order valence-corrected chi connectivity index (χ4v) is 1.72. The van der Waals surface area contributed by atoms with E-state index in [-0.39, 0.29) is 12.5 Å². The smallest absolute Gasteiger partial charge is 0.325 e. The highest BCUT2D eigenvalue weighted by Gasteiger charge is 2.19. The minimum absolute atomic E-state index is 0.0669. The molecule has 96 valence electrons. The molecule has 0 bridgehead atoms. The predicted molar refractivity (Wildman–Crippen MR) is 66.3 cm³/mol. The quantitative estimate of drug-likeness (QED) is 0.776. The fourth-order valence-electron chi connectivity index (χ4n) is 1.51. The van der Waals surface area contributed by atoms with Crippen LogP contribution < -0.4 is 15.4 Å². The molecule has 1 aromatic carbocycles. The summed E-state index contributed by atoms with van der Waals surface area (Å²) in [7, 11) is 0. The van der Waals surface area contributed by atoms with E-state index in [1.165, 1.54) is 13.0 Å². The molecule has 0 spiro atoms. The zero-order chi connectivity index (χ0) is 13.3. The Labute approximate surface area is 108 Å². The van der Waals surface area contributed by atoms with Gasteiger partial charge in [-0.3, -0.25) is 9.59 Å². The Balaban J connectivity index is 2.28. The van der Waals surface area contributed by atoms with Crippen molar-refractivity contribution in [2.75, 3.05) is 17.2 Å². The summed E-state index contributed by atoms with van der Waals surface area (Å²) in [5, 5.41) is 14.5. The van der Waals surface area contributed by atoms with Gasteiger partial charge in [-0.25, -0.2) is 0 Å². The third-order valence-electron chi connectivity index (χ3n) is 2.44. The second-order valence-electron chi connectivity index (χ2n) is 3.87. The number of benzene rings is 1. The largest absolute Gasteiger partial charge is 0.482 e. The van der Waals surface area contributed by atoms with Gasteiger partial charge in [0.05, 0.1) is 16.4 Å². The van der Waals surface area contributed by atoms with Gasteiger partial charge in [-0.15, -0.1) is 0 Å². The van der Waals surface area contributed by atoms with E-state index in [2.05, 4.69) is 10.6 Å². The van der Waals surface area contributed by atoms with Gasteiger partial charge < -0.3 is 20.5 Å². The number of hydrogen-bond acceptors (Lipinski definition) is 4. The van der Waals surface area contributed by atoms with Crippen LogP contribution in [0.15, 0.2) is 12.1 Å². The number of carboxylic acid groups (broad SMARTS) is 1. The summed E-state index contributed by atoms with van der Waals surface area (Å²) in [6.07, 6.45) is 0. The highest BCUT2D eigenvalue weighted by molar-refractivity contribution is 6.33. The number of aliphatic carboxylic acids is 1. The van der Waals surface area contributed by atoms with Gasteiger partial charge in [0, 0.05) is 6.07 Å². The van der Waals surface area contributed by atoms with Crippen molar-refractivity contribution in [2.45, 2.75) is 13.0 Å². The number of nitrogens with one attached hydrogen (secondary N) is 2. The minimum atomic E-state index is -0.988. The molecule has 1 aliphatic heterocycles. The lowest BCUT2D eigenvalue weighted by Gasteiger charge is -2.20. The highest BCUT2D eigenvalue weighted by atomic mass is 35.5. The summed E-state index contributed by atoms with van der Waals surface area (Å²) < 4.78 is 5.22. The van der Waals surface area contributed by atoms with E-state index in [4.69, 9.17) is 21.4 Å². The van der Waals surface area contributed by atoms with Crippen LogP contribution in [0.2, 0.25) is 5.02 Å². The summed E-state index contributed by atoms with van der Waals surface area (Å²) in [6.45, 7) is 1.43. The molecule has 1 aliphatic rings. The number of rotatable bonds is 3. The molecule has 0 radical (unpaired) electrons. The molecule has 7 heteroatoms. The van der Waals surface area contributed by atoms with Crippen LogP contribution in [-0.2, 0) is 9.59 Å². The van der Waals surface area contributed by atoms with Gasteiger partial charge in [-0.1, -0.05) is 11.6 Å². The van der Waals surface area contributed by atoms with E-state index in [1.807, 2.05) is 0 Å². The van der Waals surface area contributed by atoms with E-state index >= 15 is 0 Å². The van der Waals surface area contributed by atoms with Crippen molar-refractivity contribution in [1.82, 2.24) is 0 Å². The third kappa shape index (κ3) is 2.48. The number of carbonyl (C=O) groups excluding carboxylic acids is 1. The molecule has 2 rings (SSSR count). The number of ether oxygens (including phenoxy) is 1. The molecule has 1 atom stereocenters. The van der Waals surface area contributed by atoms with Gasteiger partial charge in [-0.2, -0.15) is 0 Å². The van der Waals surface area contributed by atoms with Crippen molar-refractivity contribution in [3.8, 4) is 5.75 Å². The molecule has 1 unspecified atom stereocenters. The van der Waals surface area contributed by atoms with Gasteiger partial charge in [0.15, 0.2) is 6.61 Å². The maximum atomic E-state index is 11.1. The number of halogens is 1. The standard InChI is InChI=1S/C11H11ClN2O4/c1-5(11(16)17)13-7-3-9-8(2-6(7)12)14-10(15)4-18-9/h2-3,5,13H,4H2,1H3,(H,14,15)(H,16,17). The van der Waals surface area contributed by atoms with Crippen molar-refractivity contribution in [3.63, 3.8) is 0 Å². The summed E-state index contributed by atoms with van der Waals surface area (Å²) in [5.74, 6) is -0.782. The van der Waals surface area contributed by atoms with Gasteiger partial charge >= 0.3 is 5.97 Å². The molecule has 0 saturated heterocycles.